The Morgan fingerprint density at radius 1 is 1.21 bits per heavy atom. The Morgan fingerprint density at radius 3 is 2.47 bits per heavy atom. The predicted octanol–water partition coefficient (Wildman–Crippen LogP) is 4.63. The first kappa shape index (κ1) is 14.8. The van der Waals surface area contributed by atoms with Crippen molar-refractivity contribution < 1.29 is 10.2 Å². The molecule has 0 aliphatic carbocycles. The van der Waals surface area contributed by atoms with E-state index in [1.54, 1.807) is 18.2 Å². The molecule has 19 heavy (non-hydrogen) atoms. The molecular weight excluding hydrogens is 236 g/mol. The van der Waals surface area contributed by atoms with Crippen molar-refractivity contribution in [2.75, 3.05) is 0 Å². The summed E-state index contributed by atoms with van der Waals surface area (Å²) in [7, 11) is 0. The van der Waals surface area contributed by atoms with Gasteiger partial charge in [-0.2, -0.15) is 0 Å². The molecule has 0 saturated heterocycles. The second kappa shape index (κ2) is 7.98. The molecule has 0 aliphatic rings. The molecule has 0 aromatic heterocycles. The van der Waals surface area contributed by atoms with Crippen LogP contribution in [0, 0.1) is 0 Å². The van der Waals surface area contributed by atoms with Crippen LogP contribution in [0.1, 0.15) is 24.3 Å². The maximum atomic E-state index is 9.26. The number of phenolic OH excluding ortho intramolecular Hbond substituents is 1. The summed E-state index contributed by atoms with van der Waals surface area (Å²) in [6.45, 7) is 7.31. The van der Waals surface area contributed by atoms with E-state index in [-0.39, 0.29) is 17.4 Å². The van der Waals surface area contributed by atoms with Crippen LogP contribution in [0.15, 0.2) is 73.6 Å². The van der Waals surface area contributed by atoms with Crippen molar-refractivity contribution >= 4 is 0 Å². The van der Waals surface area contributed by atoms with Gasteiger partial charge in [-0.25, -0.2) is 0 Å². The van der Waals surface area contributed by atoms with Crippen molar-refractivity contribution in [2.24, 2.45) is 0 Å². The van der Waals surface area contributed by atoms with Crippen LogP contribution >= 0.6 is 0 Å². The zero-order chi connectivity index (χ0) is 14.1. The van der Waals surface area contributed by atoms with Gasteiger partial charge in [0, 0.05) is 5.92 Å². The van der Waals surface area contributed by atoms with E-state index in [0.717, 1.165) is 18.4 Å². The number of aromatic hydroxyl groups is 1. The van der Waals surface area contributed by atoms with E-state index < -0.39 is 0 Å². The number of aliphatic hydroxyl groups is 1. The molecule has 100 valence electrons. The van der Waals surface area contributed by atoms with Crippen molar-refractivity contribution in [1.29, 1.82) is 0 Å². The molecule has 0 amide bonds. The van der Waals surface area contributed by atoms with Gasteiger partial charge in [0.25, 0.3) is 0 Å². The number of hydrogen-bond acceptors (Lipinski definition) is 2. The molecular formula is C17H20O2. The Labute approximate surface area is 114 Å². The fourth-order valence-corrected chi connectivity index (χ4v) is 1.75. The normalized spacial score (nSPS) is 13.4. The van der Waals surface area contributed by atoms with Gasteiger partial charge in [0.2, 0.25) is 0 Å². The van der Waals surface area contributed by atoms with Gasteiger partial charge in [-0.3, -0.25) is 0 Å². The summed E-state index contributed by atoms with van der Waals surface area (Å²) < 4.78 is 0. The third-order valence-corrected chi connectivity index (χ3v) is 2.86. The molecule has 2 N–H and O–H groups in total. The van der Waals surface area contributed by atoms with Gasteiger partial charge < -0.3 is 10.2 Å². The van der Waals surface area contributed by atoms with E-state index in [1.807, 2.05) is 30.4 Å². The van der Waals surface area contributed by atoms with Crippen LogP contribution in [0.2, 0.25) is 0 Å². The smallest absolute Gasteiger partial charge is 0.115 e. The van der Waals surface area contributed by atoms with Crippen LogP contribution in [0.3, 0.4) is 0 Å². The van der Waals surface area contributed by atoms with E-state index >= 15 is 0 Å². The lowest BCUT2D eigenvalue weighted by Gasteiger charge is -2.11. The summed E-state index contributed by atoms with van der Waals surface area (Å²) in [5, 5.41) is 18.4. The molecule has 1 unspecified atom stereocenters. The van der Waals surface area contributed by atoms with Crippen LogP contribution in [0.5, 0.6) is 5.75 Å². The Hall–Kier alpha value is -2.22. The SMILES string of the molecule is C=C/C(O)=C\C=C\CCC(C=C)c1ccc(O)cc1. The first-order valence-electron chi connectivity index (χ1n) is 6.27. The Morgan fingerprint density at radius 2 is 1.89 bits per heavy atom. The summed E-state index contributed by atoms with van der Waals surface area (Å²) in [6, 6.07) is 7.20. The summed E-state index contributed by atoms with van der Waals surface area (Å²) in [4.78, 5) is 0. The number of aliphatic hydroxyl groups excluding tert-OH is 1. The highest BCUT2D eigenvalue weighted by atomic mass is 16.3. The maximum absolute atomic E-state index is 9.26. The fraction of sp³-hybridized carbons (Fsp3) is 0.176. The molecule has 0 radical (unpaired) electrons. The monoisotopic (exact) mass is 256 g/mol. The summed E-state index contributed by atoms with van der Waals surface area (Å²) in [5.74, 6) is 0.703. The van der Waals surface area contributed by atoms with Crippen molar-refractivity contribution in [2.45, 2.75) is 18.8 Å². The first-order chi connectivity index (χ1) is 9.17. The second-order valence-electron chi connectivity index (χ2n) is 4.23. The topological polar surface area (TPSA) is 40.5 Å². The number of hydrogen-bond donors (Lipinski definition) is 2. The Balaban J connectivity index is 2.52. The minimum Gasteiger partial charge on any atom is -0.508 e. The Bertz CT molecular complexity index is 467. The van der Waals surface area contributed by atoms with Crippen molar-refractivity contribution in [3.05, 3.63) is 79.1 Å². The largest absolute Gasteiger partial charge is 0.508 e. The molecule has 0 heterocycles. The van der Waals surface area contributed by atoms with Crippen molar-refractivity contribution in [3.8, 4) is 5.75 Å². The van der Waals surface area contributed by atoms with E-state index in [1.165, 1.54) is 6.08 Å². The quantitative estimate of drug-likeness (QED) is 0.424. The molecule has 2 heteroatoms. The lowest BCUT2D eigenvalue weighted by atomic mass is 9.94. The molecule has 1 atom stereocenters. The average Bonchev–Trinajstić information content (AvgIpc) is 2.43. The van der Waals surface area contributed by atoms with Crippen LogP contribution in [-0.4, -0.2) is 10.2 Å². The van der Waals surface area contributed by atoms with Gasteiger partial charge in [0.1, 0.15) is 11.5 Å². The van der Waals surface area contributed by atoms with Gasteiger partial charge in [-0.05, 0) is 42.7 Å². The highest BCUT2D eigenvalue weighted by Crippen LogP contribution is 2.24. The molecule has 0 saturated carbocycles. The molecule has 1 aromatic rings. The molecule has 1 rings (SSSR count). The van der Waals surface area contributed by atoms with E-state index in [0.29, 0.717) is 0 Å². The number of rotatable bonds is 7. The molecule has 0 spiro atoms. The molecule has 0 fully saturated rings. The highest BCUT2D eigenvalue weighted by molar-refractivity contribution is 5.30. The lowest BCUT2D eigenvalue weighted by molar-refractivity contribution is 0.433. The predicted molar refractivity (Wildman–Crippen MR) is 80.3 cm³/mol. The van der Waals surface area contributed by atoms with Crippen LogP contribution < -0.4 is 0 Å². The zero-order valence-corrected chi connectivity index (χ0v) is 11.0. The summed E-state index contributed by atoms with van der Waals surface area (Å²) in [6.07, 6.45) is 10.6. The van der Waals surface area contributed by atoms with Gasteiger partial charge in [0.05, 0.1) is 0 Å². The molecule has 1 aromatic carbocycles. The number of phenols is 1. The standard InChI is InChI=1S/C17H20O2/c1-3-14(15-10-12-17(19)13-11-15)8-6-5-7-9-16(18)4-2/h3-5,7,9-14,18-19H,1-2,6,8H2/b7-5+,16-9+. The molecule has 0 bridgehead atoms. The first-order valence-corrected chi connectivity index (χ1v) is 6.27. The zero-order valence-electron chi connectivity index (χ0n) is 11.0. The fourth-order valence-electron chi connectivity index (χ4n) is 1.75. The summed E-state index contributed by atoms with van der Waals surface area (Å²) >= 11 is 0. The van der Waals surface area contributed by atoms with E-state index in [4.69, 9.17) is 5.11 Å². The highest BCUT2D eigenvalue weighted by Gasteiger charge is 2.05. The van der Waals surface area contributed by atoms with Gasteiger partial charge >= 0.3 is 0 Å². The summed E-state index contributed by atoms with van der Waals surface area (Å²) in [5.41, 5.74) is 1.14. The average molecular weight is 256 g/mol. The second-order valence-corrected chi connectivity index (χ2v) is 4.23. The third kappa shape index (κ3) is 5.30. The van der Waals surface area contributed by atoms with Crippen molar-refractivity contribution in [3.63, 3.8) is 0 Å². The van der Waals surface area contributed by atoms with E-state index in [2.05, 4.69) is 13.2 Å². The Kier molecular flexibility index (Phi) is 6.23. The van der Waals surface area contributed by atoms with Gasteiger partial charge in [-0.1, -0.05) is 36.9 Å². The minimum atomic E-state index is 0.162. The van der Waals surface area contributed by atoms with Crippen molar-refractivity contribution in [1.82, 2.24) is 0 Å². The lowest BCUT2D eigenvalue weighted by Crippen LogP contribution is -1.93. The maximum Gasteiger partial charge on any atom is 0.115 e. The number of allylic oxidation sites excluding steroid dienone is 5. The van der Waals surface area contributed by atoms with Gasteiger partial charge in [-0.15, -0.1) is 6.58 Å². The van der Waals surface area contributed by atoms with E-state index in [9.17, 15) is 5.11 Å². The number of benzene rings is 1. The van der Waals surface area contributed by atoms with Crippen LogP contribution in [0.4, 0.5) is 0 Å². The third-order valence-electron chi connectivity index (χ3n) is 2.86. The molecule has 0 aliphatic heterocycles. The van der Waals surface area contributed by atoms with Crippen LogP contribution in [0.25, 0.3) is 0 Å². The van der Waals surface area contributed by atoms with Crippen LogP contribution in [-0.2, 0) is 0 Å². The minimum absolute atomic E-state index is 0.162. The van der Waals surface area contributed by atoms with Gasteiger partial charge in [0.15, 0.2) is 0 Å². The molecule has 2 nitrogen and oxygen atoms in total.